The zero-order chi connectivity index (χ0) is 27.5. The van der Waals surface area contributed by atoms with Gasteiger partial charge in [-0.15, -0.1) is 0 Å². The molecule has 1 fully saturated rings. The second-order valence-electron chi connectivity index (χ2n) is 8.91. The number of carbonyl (C=O) groups excluding carboxylic acids is 2. The van der Waals surface area contributed by atoms with Crippen LogP contribution in [0.2, 0.25) is 0 Å². The molecule has 1 aliphatic rings. The standard InChI is InChI=1S/C27H25F2N5O5/c28-26(29)34-9-7-18(14-23(34)36)17-3-1-4-19(13-17)25(38)31-27-30-21-15-20(32-10-12-39-16-24(32)37)5-6-22(21)33(27)8-2-11-35/h1,3-7,9,13-15,26,35H,2,8,10-12,16H2,(H,30,31,38). The highest BCUT2D eigenvalue weighted by Gasteiger charge is 2.22. The Morgan fingerprint density at radius 1 is 1.10 bits per heavy atom. The van der Waals surface area contributed by atoms with E-state index in [2.05, 4.69) is 10.3 Å². The topological polar surface area (TPSA) is 119 Å². The molecular formula is C27H25F2N5O5. The highest BCUT2D eigenvalue weighted by atomic mass is 19.3. The van der Waals surface area contributed by atoms with Crippen molar-refractivity contribution in [3.63, 3.8) is 0 Å². The summed E-state index contributed by atoms with van der Waals surface area (Å²) in [7, 11) is 0. The summed E-state index contributed by atoms with van der Waals surface area (Å²) in [5.41, 5.74) is 2.27. The molecule has 4 aromatic rings. The Bertz CT molecular complexity index is 1600. The quantitative estimate of drug-likeness (QED) is 0.356. The van der Waals surface area contributed by atoms with Crippen LogP contribution in [0.1, 0.15) is 23.3 Å². The smallest absolute Gasteiger partial charge is 0.321 e. The zero-order valence-corrected chi connectivity index (χ0v) is 20.7. The molecule has 0 bridgehead atoms. The van der Waals surface area contributed by atoms with Gasteiger partial charge in [0.25, 0.3) is 17.4 Å². The van der Waals surface area contributed by atoms with Gasteiger partial charge in [0, 0.05) is 43.2 Å². The van der Waals surface area contributed by atoms with E-state index in [9.17, 15) is 28.3 Å². The number of amides is 2. The number of ether oxygens (including phenoxy) is 1. The van der Waals surface area contributed by atoms with Crippen LogP contribution in [0.3, 0.4) is 0 Å². The Morgan fingerprint density at radius 3 is 2.67 bits per heavy atom. The highest BCUT2D eigenvalue weighted by molar-refractivity contribution is 6.05. The molecule has 0 aliphatic carbocycles. The molecule has 5 rings (SSSR count). The Labute approximate surface area is 221 Å². The maximum atomic E-state index is 13.2. The second kappa shape index (κ2) is 11.1. The Hall–Kier alpha value is -4.42. The van der Waals surface area contributed by atoms with E-state index >= 15 is 0 Å². The van der Waals surface area contributed by atoms with Crippen LogP contribution in [0.5, 0.6) is 0 Å². The van der Waals surface area contributed by atoms with Gasteiger partial charge in [-0.2, -0.15) is 8.78 Å². The average molecular weight is 538 g/mol. The molecule has 1 saturated heterocycles. The molecule has 202 valence electrons. The first-order valence-electron chi connectivity index (χ1n) is 12.3. The molecule has 0 spiro atoms. The molecule has 0 unspecified atom stereocenters. The summed E-state index contributed by atoms with van der Waals surface area (Å²) < 4.78 is 33.2. The number of carbonyl (C=O) groups is 2. The molecule has 12 heteroatoms. The number of fused-ring (bicyclic) bond motifs is 1. The third-order valence-corrected chi connectivity index (χ3v) is 6.41. The molecule has 0 atom stereocenters. The lowest BCUT2D eigenvalue weighted by Gasteiger charge is -2.26. The maximum absolute atomic E-state index is 13.2. The first kappa shape index (κ1) is 26.2. The first-order valence-corrected chi connectivity index (χ1v) is 12.3. The highest BCUT2D eigenvalue weighted by Crippen LogP contribution is 2.27. The van der Waals surface area contributed by atoms with Gasteiger partial charge in [-0.1, -0.05) is 12.1 Å². The van der Waals surface area contributed by atoms with Gasteiger partial charge in [0.05, 0.1) is 17.6 Å². The van der Waals surface area contributed by atoms with E-state index in [1.54, 1.807) is 45.9 Å². The van der Waals surface area contributed by atoms with Crippen molar-refractivity contribution in [1.82, 2.24) is 14.1 Å². The van der Waals surface area contributed by atoms with Gasteiger partial charge in [0.1, 0.15) is 6.61 Å². The number of aryl methyl sites for hydroxylation is 1. The number of alkyl halides is 2. The van der Waals surface area contributed by atoms with Gasteiger partial charge in [-0.3, -0.25) is 24.3 Å². The number of rotatable bonds is 8. The van der Waals surface area contributed by atoms with Crippen LogP contribution in [0.15, 0.2) is 65.6 Å². The fraction of sp³-hybridized carbons (Fsp3) is 0.259. The van der Waals surface area contributed by atoms with Gasteiger partial charge in [0.2, 0.25) is 5.95 Å². The van der Waals surface area contributed by atoms with E-state index < -0.39 is 18.0 Å². The van der Waals surface area contributed by atoms with Crippen LogP contribution in [-0.4, -0.2) is 57.4 Å². The molecule has 2 N–H and O–H groups in total. The number of pyridine rings is 1. The third-order valence-electron chi connectivity index (χ3n) is 6.41. The van der Waals surface area contributed by atoms with Crippen molar-refractivity contribution in [1.29, 1.82) is 0 Å². The van der Waals surface area contributed by atoms with E-state index in [0.29, 0.717) is 53.0 Å². The van der Waals surface area contributed by atoms with Crippen LogP contribution in [0.4, 0.5) is 20.4 Å². The fourth-order valence-electron chi connectivity index (χ4n) is 4.47. The summed E-state index contributed by atoms with van der Waals surface area (Å²) in [5.74, 6) is -0.360. The summed E-state index contributed by atoms with van der Waals surface area (Å²) in [5, 5.41) is 12.2. The average Bonchev–Trinajstić information content (AvgIpc) is 3.27. The Balaban J connectivity index is 1.44. The molecule has 0 saturated carbocycles. The molecule has 39 heavy (non-hydrogen) atoms. The third kappa shape index (κ3) is 5.42. The number of hydrogen-bond acceptors (Lipinski definition) is 6. The maximum Gasteiger partial charge on any atom is 0.321 e. The van der Waals surface area contributed by atoms with Gasteiger partial charge in [-0.05, 0) is 53.9 Å². The number of aromatic nitrogens is 3. The van der Waals surface area contributed by atoms with Crippen LogP contribution < -0.4 is 15.8 Å². The monoisotopic (exact) mass is 537 g/mol. The minimum Gasteiger partial charge on any atom is -0.396 e. The van der Waals surface area contributed by atoms with E-state index in [1.165, 1.54) is 6.07 Å². The van der Waals surface area contributed by atoms with Crippen LogP contribution >= 0.6 is 0 Å². The minimum atomic E-state index is -2.95. The van der Waals surface area contributed by atoms with Crippen molar-refractivity contribution in [3.8, 4) is 11.1 Å². The number of aliphatic hydroxyl groups is 1. The second-order valence-corrected chi connectivity index (χ2v) is 8.91. The van der Waals surface area contributed by atoms with Gasteiger partial charge in [-0.25, -0.2) is 4.98 Å². The van der Waals surface area contributed by atoms with Crippen molar-refractivity contribution < 1.29 is 28.2 Å². The summed E-state index contributed by atoms with van der Waals surface area (Å²) in [6.45, 7) is -1.75. The van der Waals surface area contributed by atoms with Crippen molar-refractivity contribution in [2.24, 2.45) is 0 Å². The fourth-order valence-corrected chi connectivity index (χ4v) is 4.47. The van der Waals surface area contributed by atoms with Gasteiger partial charge in [0.15, 0.2) is 0 Å². The number of aliphatic hydroxyl groups excluding tert-OH is 1. The summed E-state index contributed by atoms with van der Waals surface area (Å²) in [6.07, 6.45) is 1.44. The molecule has 1 aliphatic heterocycles. The number of halogens is 2. The lowest BCUT2D eigenvalue weighted by atomic mass is 10.0. The number of anilines is 2. The van der Waals surface area contributed by atoms with Gasteiger partial charge >= 0.3 is 6.55 Å². The summed E-state index contributed by atoms with van der Waals surface area (Å²) in [4.78, 5) is 43.7. The molecule has 2 aromatic heterocycles. The van der Waals surface area contributed by atoms with E-state index in [0.717, 1.165) is 17.8 Å². The van der Waals surface area contributed by atoms with E-state index in [1.807, 2.05) is 6.07 Å². The van der Waals surface area contributed by atoms with E-state index in [-0.39, 0.29) is 30.6 Å². The summed E-state index contributed by atoms with van der Waals surface area (Å²) in [6, 6.07) is 14.3. The number of imidazole rings is 1. The van der Waals surface area contributed by atoms with Crippen molar-refractivity contribution in [2.75, 3.05) is 36.6 Å². The van der Waals surface area contributed by atoms with Crippen molar-refractivity contribution >= 4 is 34.5 Å². The van der Waals surface area contributed by atoms with Crippen LogP contribution in [-0.2, 0) is 16.1 Å². The summed E-state index contributed by atoms with van der Waals surface area (Å²) >= 11 is 0. The minimum absolute atomic E-state index is 0.00861. The molecular weight excluding hydrogens is 512 g/mol. The Morgan fingerprint density at radius 2 is 1.92 bits per heavy atom. The zero-order valence-electron chi connectivity index (χ0n) is 20.7. The van der Waals surface area contributed by atoms with Gasteiger partial charge < -0.3 is 19.3 Å². The molecule has 2 amide bonds. The largest absolute Gasteiger partial charge is 0.396 e. The number of hydrogen-bond donors (Lipinski definition) is 2. The molecule has 3 heterocycles. The van der Waals surface area contributed by atoms with Crippen LogP contribution in [0.25, 0.3) is 22.2 Å². The SMILES string of the molecule is O=C(Nc1nc2cc(N3CCOCC3=O)ccc2n1CCCO)c1cccc(-c2ccn(C(F)F)c(=O)c2)c1. The molecule has 2 aromatic carbocycles. The lowest BCUT2D eigenvalue weighted by Crippen LogP contribution is -2.41. The van der Waals surface area contributed by atoms with Crippen LogP contribution in [0, 0.1) is 0 Å². The predicted molar refractivity (Wildman–Crippen MR) is 140 cm³/mol. The lowest BCUT2D eigenvalue weighted by molar-refractivity contribution is -0.125. The number of nitrogens with zero attached hydrogens (tertiary/aromatic N) is 4. The van der Waals surface area contributed by atoms with E-state index in [4.69, 9.17) is 4.74 Å². The Kier molecular flexibility index (Phi) is 7.48. The predicted octanol–water partition coefficient (Wildman–Crippen LogP) is 3.26. The number of benzene rings is 2. The normalized spacial score (nSPS) is 13.8. The number of nitrogens with one attached hydrogen (secondary N) is 1. The van der Waals surface area contributed by atoms with Crippen molar-refractivity contribution in [2.45, 2.75) is 19.5 Å². The first-order chi connectivity index (χ1) is 18.9. The number of morpholine rings is 1. The molecule has 10 nitrogen and oxygen atoms in total. The van der Waals surface area contributed by atoms with Crippen molar-refractivity contribution in [3.05, 3.63) is 76.7 Å². The molecule has 0 radical (unpaired) electrons.